The molecular weight excluding hydrogens is 653 g/mol. The van der Waals surface area contributed by atoms with Crippen LogP contribution in [0.1, 0.15) is 17.0 Å². The fourth-order valence-electron chi connectivity index (χ4n) is 8.91. The van der Waals surface area contributed by atoms with Gasteiger partial charge in [-0.1, -0.05) is 158 Å². The van der Waals surface area contributed by atoms with E-state index in [1.807, 2.05) is 0 Å². The van der Waals surface area contributed by atoms with E-state index >= 15 is 0 Å². The SMILES string of the molecule is C1=CC2C(C=C1c1ccc3c(c1)c1ccccc1n3-c1cccc(-c3ccc(-c4ccccc4)cc3)c1)c1ccccc1N2c1ccc2ccccc2c1. The monoisotopic (exact) mass is 688 g/mol. The van der Waals surface area contributed by atoms with E-state index in [0.29, 0.717) is 0 Å². The third kappa shape index (κ3) is 4.95. The lowest BCUT2D eigenvalue weighted by molar-refractivity contribution is 0.747. The highest BCUT2D eigenvalue weighted by Crippen LogP contribution is 2.49. The molecule has 1 aliphatic carbocycles. The molecule has 1 aliphatic heterocycles. The molecular formula is C52H36N2. The van der Waals surface area contributed by atoms with Gasteiger partial charge in [0.2, 0.25) is 0 Å². The van der Waals surface area contributed by atoms with Crippen molar-refractivity contribution < 1.29 is 0 Å². The van der Waals surface area contributed by atoms with E-state index < -0.39 is 0 Å². The van der Waals surface area contributed by atoms with Crippen LogP contribution in [-0.4, -0.2) is 10.6 Å². The molecule has 2 heteroatoms. The largest absolute Gasteiger partial charge is 0.333 e. The minimum Gasteiger partial charge on any atom is -0.333 e. The molecule has 254 valence electrons. The zero-order valence-corrected chi connectivity index (χ0v) is 29.7. The Morgan fingerprint density at radius 3 is 1.98 bits per heavy atom. The smallest absolute Gasteiger partial charge is 0.0630 e. The van der Waals surface area contributed by atoms with E-state index in [4.69, 9.17) is 0 Å². The van der Waals surface area contributed by atoms with Crippen molar-refractivity contribution >= 4 is 49.5 Å². The molecule has 8 aromatic carbocycles. The molecule has 2 aliphatic rings. The topological polar surface area (TPSA) is 8.17 Å². The van der Waals surface area contributed by atoms with Crippen molar-refractivity contribution in [3.05, 3.63) is 217 Å². The fraction of sp³-hybridized carbons (Fsp3) is 0.0385. The summed E-state index contributed by atoms with van der Waals surface area (Å²) in [4.78, 5) is 2.53. The summed E-state index contributed by atoms with van der Waals surface area (Å²) in [6, 6.07) is 68.9. The highest BCUT2D eigenvalue weighted by molar-refractivity contribution is 6.10. The molecule has 2 unspecified atom stereocenters. The van der Waals surface area contributed by atoms with Crippen molar-refractivity contribution in [1.29, 1.82) is 0 Å². The van der Waals surface area contributed by atoms with Crippen LogP contribution in [0.4, 0.5) is 11.4 Å². The van der Waals surface area contributed by atoms with Crippen molar-refractivity contribution in [2.24, 2.45) is 0 Å². The quantitative estimate of drug-likeness (QED) is 0.175. The number of anilines is 2. The summed E-state index contributed by atoms with van der Waals surface area (Å²) >= 11 is 0. The molecule has 0 N–H and O–H groups in total. The first-order valence-corrected chi connectivity index (χ1v) is 18.8. The molecule has 11 rings (SSSR count). The number of rotatable bonds is 5. The van der Waals surface area contributed by atoms with Gasteiger partial charge in [-0.3, -0.25) is 0 Å². The molecule has 9 aromatic rings. The van der Waals surface area contributed by atoms with Gasteiger partial charge in [-0.05, 0) is 98.3 Å². The van der Waals surface area contributed by atoms with Gasteiger partial charge in [0.05, 0.1) is 17.1 Å². The zero-order chi connectivity index (χ0) is 35.6. The van der Waals surface area contributed by atoms with Crippen LogP contribution in [0.15, 0.2) is 206 Å². The van der Waals surface area contributed by atoms with Crippen molar-refractivity contribution in [2.75, 3.05) is 4.90 Å². The van der Waals surface area contributed by atoms with E-state index in [-0.39, 0.29) is 12.0 Å². The predicted molar refractivity (Wildman–Crippen MR) is 228 cm³/mol. The Hall–Kier alpha value is -6.90. The van der Waals surface area contributed by atoms with Gasteiger partial charge in [0.1, 0.15) is 0 Å². The Balaban J connectivity index is 0.966. The second-order valence-corrected chi connectivity index (χ2v) is 14.5. The standard InChI is InChI=1S/C52H36N2/c1-2-11-35(12-3-1)37-21-23-38(24-22-37)40-15-10-16-43(31-40)53-49-19-8-6-17-45(49)47-33-41(26-29-51(47)53)42-27-30-52-48(34-42)46-18-7-9-20-50(46)54(52)44-28-25-36-13-4-5-14-39(36)32-44/h1-34,48,52H. The second-order valence-electron chi connectivity index (χ2n) is 14.5. The number of aromatic nitrogens is 1. The third-order valence-electron chi connectivity index (χ3n) is 11.5. The van der Waals surface area contributed by atoms with Crippen LogP contribution in [0.25, 0.3) is 66.1 Å². The van der Waals surface area contributed by atoms with Crippen LogP contribution >= 0.6 is 0 Å². The minimum absolute atomic E-state index is 0.222. The van der Waals surface area contributed by atoms with E-state index in [1.54, 1.807) is 0 Å². The molecule has 0 radical (unpaired) electrons. The van der Waals surface area contributed by atoms with E-state index in [9.17, 15) is 0 Å². The first-order valence-electron chi connectivity index (χ1n) is 18.8. The summed E-state index contributed by atoms with van der Waals surface area (Å²) in [6.45, 7) is 0. The van der Waals surface area contributed by atoms with Gasteiger partial charge in [0, 0.05) is 33.8 Å². The Morgan fingerprint density at radius 2 is 1.09 bits per heavy atom. The second kappa shape index (κ2) is 12.4. The van der Waals surface area contributed by atoms with Gasteiger partial charge < -0.3 is 9.47 Å². The lowest BCUT2D eigenvalue weighted by Gasteiger charge is -2.30. The summed E-state index contributed by atoms with van der Waals surface area (Å²) in [6.07, 6.45) is 7.26. The summed E-state index contributed by atoms with van der Waals surface area (Å²) in [5.41, 5.74) is 14.9. The lowest BCUT2D eigenvalue weighted by Crippen LogP contribution is -2.28. The Labute approximate surface area is 315 Å². The Morgan fingerprint density at radius 1 is 0.407 bits per heavy atom. The molecule has 2 nitrogen and oxygen atoms in total. The molecule has 0 fully saturated rings. The number of fused-ring (bicyclic) bond motifs is 7. The summed E-state index contributed by atoms with van der Waals surface area (Å²) in [7, 11) is 0. The molecule has 0 bridgehead atoms. The van der Waals surface area contributed by atoms with Crippen molar-refractivity contribution in [3.63, 3.8) is 0 Å². The highest BCUT2D eigenvalue weighted by atomic mass is 15.2. The fourth-order valence-corrected chi connectivity index (χ4v) is 8.91. The highest BCUT2D eigenvalue weighted by Gasteiger charge is 2.38. The zero-order valence-electron chi connectivity index (χ0n) is 29.7. The third-order valence-corrected chi connectivity index (χ3v) is 11.5. The molecule has 0 spiro atoms. The van der Waals surface area contributed by atoms with E-state index in [0.717, 1.165) is 5.69 Å². The molecule has 0 saturated heterocycles. The van der Waals surface area contributed by atoms with Crippen LogP contribution in [0.3, 0.4) is 0 Å². The van der Waals surface area contributed by atoms with Gasteiger partial charge >= 0.3 is 0 Å². The molecule has 0 amide bonds. The molecule has 2 heterocycles. The van der Waals surface area contributed by atoms with Crippen molar-refractivity contribution in [2.45, 2.75) is 12.0 Å². The number of benzene rings is 8. The number of nitrogens with zero attached hydrogens (tertiary/aromatic N) is 2. The molecule has 54 heavy (non-hydrogen) atoms. The number of allylic oxidation sites excluding steroid dienone is 2. The number of hydrogen-bond donors (Lipinski definition) is 0. The first-order chi connectivity index (χ1) is 26.8. The van der Waals surface area contributed by atoms with Crippen molar-refractivity contribution in [1.82, 2.24) is 4.57 Å². The lowest BCUT2D eigenvalue weighted by atomic mass is 9.86. The average Bonchev–Trinajstić information content (AvgIpc) is 3.76. The molecule has 2 atom stereocenters. The van der Waals surface area contributed by atoms with E-state index in [1.165, 1.54) is 82.9 Å². The molecule has 1 aromatic heterocycles. The summed E-state index contributed by atoms with van der Waals surface area (Å²) in [5, 5.41) is 5.06. The van der Waals surface area contributed by atoms with E-state index in [2.05, 4.69) is 216 Å². The average molecular weight is 689 g/mol. The number of para-hydroxylation sites is 2. The normalized spacial score (nSPS) is 16.1. The summed E-state index contributed by atoms with van der Waals surface area (Å²) in [5.74, 6) is 0.259. The number of hydrogen-bond acceptors (Lipinski definition) is 1. The van der Waals surface area contributed by atoms with Crippen LogP contribution < -0.4 is 4.90 Å². The van der Waals surface area contributed by atoms with Gasteiger partial charge in [0.15, 0.2) is 0 Å². The predicted octanol–water partition coefficient (Wildman–Crippen LogP) is 13.5. The van der Waals surface area contributed by atoms with Gasteiger partial charge in [-0.2, -0.15) is 0 Å². The van der Waals surface area contributed by atoms with Crippen LogP contribution in [0.2, 0.25) is 0 Å². The maximum Gasteiger partial charge on any atom is 0.0630 e. The Kier molecular flexibility index (Phi) is 7.03. The van der Waals surface area contributed by atoms with Gasteiger partial charge in [0.25, 0.3) is 0 Å². The first kappa shape index (κ1) is 30.7. The summed E-state index contributed by atoms with van der Waals surface area (Å²) < 4.78 is 2.42. The molecule has 0 saturated carbocycles. The minimum atomic E-state index is 0.222. The van der Waals surface area contributed by atoms with Gasteiger partial charge in [-0.15, -0.1) is 0 Å². The maximum atomic E-state index is 2.53. The van der Waals surface area contributed by atoms with Crippen LogP contribution in [0.5, 0.6) is 0 Å². The van der Waals surface area contributed by atoms with Crippen LogP contribution in [-0.2, 0) is 0 Å². The van der Waals surface area contributed by atoms with Crippen LogP contribution in [0, 0.1) is 0 Å². The maximum absolute atomic E-state index is 2.53. The Bertz CT molecular complexity index is 2950. The van der Waals surface area contributed by atoms with Crippen molar-refractivity contribution in [3.8, 4) is 27.9 Å². The van der Waals surface area contributed by atoms with Gasteiger partial charge in [-0.25, -0.2) is 0 Å².